The molecule has 0 saturated carbocycles. The first-order valence-corrected chi connectivity index (χ1v) is 6.40. The molecule has 2 N–H and O–H groups in total. The Bertz CT molecular complexity index is 649. The van der Waals surface area contributed by atoms with Crippen LogP contribution in [0.5, 0.6) is 0 Å². The number of hydrogen-bond donors (Lipinski definition) is 1. The van der Waals surface area contributed by atoms with E-state index in [4.69, 9.17) is 5.73 Å². The quantitative estimate of drug-likeness (QED) is 0.924. The van der Waals surface area contributed by atoms with Crippen molar-refractivity contribution in [3.8, 4) is 5.69 Å². The van der Waals surface area contributed by atoms with Crippen molar-refractivity contribution >= 4 is 15.9 Å². The van der Waals surface area contributed by atoms with E-state index in [0.717, 1.165) is 21.4 Å². The highest BCUT2D eigenvalue weighted by Gasteiger charge is 2.12. The second-order valence-corrected chi connectivity index (χ2v) is 4.92. The van der Waals surface area contributed by atoms with Gasteiger partial charge in [-0.15, -0.1) is 0 Å². The molecule has 18 heavy (non-hydrogen) atoms. The monoisotopic (exact) mass is 307 g/mol. The van der Waals surface area contributed by atoms with Crippen LogP contribution in [0.1, 0.15) is 16.8 Å². The standard InChI is InChI=1S/C13H14BrN3O/c1-8-10(7-15)9(2)16-17(13(8)18)12-6-4-3-5-11(12)14/h3-6H,7,15H2,1-2H3. The first-order valence-electron chi connectivity index (χ1n) is 5.60. The van der Waals surface area contributed by atoms with Crippen molar-refractivity contribution < 1.29 is 0 Å². The first kappa shape index (κ1) is 13.0. The summed E-state index contributed by atoms with van der Waals surface area (Å²) in [6, 6.07) is 7.49. The third kappa shape index (κ3) is 2.11. The Morgan fingerprint density at radius 2 is 2.00 bits per heavy atom. The lowest BCUT2D eigenvalue weighted by Gasteiger charge is -2.12. The second-order valence-electron chi connectivity index (χ2n) is 4.06. The Labute approximate surface area is 114 Å². The maximum Gasteiger partial charge on any atom is 0.274 e. The summed E-state index contributed by atoms with van der Waals surface area (Å²) in [6.45, 7) is 3.98. The molecule has 0 spiro atoms. The molecule has 4 nitrogen and oxygen atoms in total. The molecule has 5 heteroatoms. The first-order chi connectivity index (χ1) is 8.56. The number of para-hydroxylation sites is 1. The highest BCUT2D eigenvalue weighted by molar-refractivity contribution is 9.10. The van der Waals surface area contributed by atoms with Crippen LogP contribution in [0.15, 0.2) is 33.5 Å². The summed E-state index contributed by atoms with van der Waals surface area (Å²) in [5.41, 5.74) is 8.50. The molecule has 1 aromatic heterocycles. The largest absolute Gasteiger partial charge is 0.326 e. The third-order valence-electron chi connectivity index (χ3n) is 2.94. The molecule has 94 valence electrons. The van der Waals surface area contributed by atoms with E-state index in [0.29, 0.717) is 12.1 Å². The van der Waals surface area contributed by atoms with Gasteiger partial charge >= 0.3 is 0 Å². The van der Waals surface area contributed by atoms with Gasteiger partial charge < -0.3 is 5.73 Å². The van der Waals surface area contributed by atoms with Gasteiger partial charge in [0.25, 0.3) is 5.56 Å². The Kier molecular flexibility index (Phi) is 3.63. The van der Waals surface area contributed by atoms with E-state index >= 15 is 0 Å². The van der Waals surface area contributed by atoms with E-state index in [1.54, 1.807) is 6.92 Å². The van der Waals surface area contributed by atoms with E-state index in [1.165, 1.54) is 4.68 Å². The number of rotatable bonds is 2. The van der Waals surface area contributed by atoms with E-state index in [1.807, 2.05) is 31.2 Å². The van der Waals surface area contributed by atoms with Gasteiger partial charge in [0.05, 0.1) is 11.4 Å². The topological polar surface area (TPSA) is 60.9 Å². The maximum absolute atomic E-state index is 12.3. The number of aryl methyl sites for hydroxylation is 1. The molecule has 2 aromatic rings. The van der Waals surface area contributed by atoms with Crippen LogP contribution in [0.2, 0.25) is 0 Å². The molecule has 0 unspecified atom stereocenters. The third-order valence-corrected chi connectivity index (χ3v) is 3.61. The molecule has 0 amide bonds. The minimum atomic E-state index is -0.132. The number of hydrogen-bond acceptors (Lipinski definition) is 3. The number of nitrogens with zero attached hydrogens (tertiary/aromatic N) is 2. The van der Waals surface area contributed by atoms with Gasteiger partial charge in [0, 0.05) is 16.6 Å². The van der Waals surface area contributed by atoms with Crippen molar-refractivity contribution in [1.29, 1.82) is 0 Å². The summed E-state index contributed by atoms with van der Waals surface area (Å²) in [5.74, 6) is 0. The second kappa shape index (κ2) is 5.04. The lowest BCUT2D eigenvalue weighted by Crippen LogP contribution is -2.27. The minimum absolute atomic E-state index is 0.132. The van der Waals surface area contributed by atoms with Crippen LogP contribution in [-0.2, 0) is 6.54 Å². The van der Waals surface area contributed by atoms with Crippen LogP contribution in [0.25, 0.3) is 5.69 Å². The number of aromatic nitrogens is 2. The van der Waals surface area contributed by atoms with Crippen molar-refractivity contribution in [2.24, 2.45) is 5.73 Å². The summed E-state index contributed by atoms with van der Waals surface area (Å²) in [5, 5.41) is 4.33. The molecule has 1 aromatic carbocycles. The van der Waals surface area contributed by atoms with E-state index in [-0.39, 0.29) is 5.56 Å². The average molecular weight is 308 g/mol. The van der Waals surface area contributed by atoms with Gasteiger partial charge in [-0.05, 0) is 47.5 Å². The summed E-state index contributed by atoms with van der Waals surface area (Å²) in [6.07, 6.45) is 0. The Balaban J connectivity index is 2.75. The van der Waals surface area contributed by atoms with Crippen LogP contribution in [0.4, 0.5) is 0 Å². The fourth-order valence-corrected chi connectivity index (χ4v) is 2.36. The van der Waals surface area contributed by atoms with Crippen molar-refractivity contribution in [1.82, 2.24) is 9.78 Å². The molecule has 0 aliphatic heterocycles. The molecule has 0 aliphatic carbocycles. The van der Waals surface area contributed by atoms with Gasteiger partial charge in [-0.1, -0.05) is 12.1 Å². The molecule has 0 atom stereocenters. The summed E-state index contributed by atoms with van der Waals surface area (Å²) >= 11 is 3.43. The molecular weight excluding hydrogens is 294 g/mol. The van der Waals surface area contributed by atoms with Crippen LogP contribution < -0.4 is 11.3 Å². The summed E-state index contributed by atoms with van der Waals surface area (Å²) in [4.78, 5) is 12.3. The average Bonchev–Trinajstić information content (AvgIpc) is 2.35. The van der Waals surface area contributed by atoms with Crippen LogP contribution in [0, 0.1) is 13.8 Å². The smallest absolute Gasteiger partial charge is 0.274 e. The predicted molar refractivity (Wildman–Crippen MR) is 74.9 cm³/mol. The Hall–Kier alpha value is -1.46. The number of nitrogens with two attached hydrogens (primary N) is 1. The van der Waals surface area contributed by atoms with Crippen LogP contribution in [-0.4, -0.2) is 9.78 Å². The van der Waals surface area contributed by atoms with Gasteiger partial charge in [-0.2, -0.15) is 9.78 Å². The zero-order chi connectivity index (χ0) is 13.3. The minimum Gasteiger partial charge on any atom is -0.326 e. The lowest BCUT2D eigenvalue weighted by molar-refractivity contribution is 0.752. The highest BCUT2D eigenvalue weighted by Crippen LogP contribution is 2.19. The van der Waals surface area contributed by atoms with Gasteiger partial charge in [0.2, 0.25) is 0 Å². The van der Waals surface area contributed by atoms with E-state index in [2.05, 4.69) is 21.0 Å². The SMILES string of the molecule is Cc1nn(-c2ccccc2Br)c(=O)c(C)c1CN. The van der Waals surface area contributed by atoms with Crippen molar-refractivity contribution in [3.05, 3.63) is 55.9 Å². The van der Waals surface area contributed by atoms with Crippen LogP contribution >= 0.6 is 15.9 Å². The highest BCUT2D eigenvalue weighted by atomic mass is 79.9. The van der Waals surface area contributed by atoms with Crippen LogP contribution in [0.3, 0.4) is 0 Å². The molecule has 0 bridgehead atoms. The normalized spacial score (nSPS) is 10.7. The molecule has 0 radical (unpaired) electrons. The van der Waals surface area contributed by atoms with Gasteiger partial charge in [-0.25, -0.2) is 0 Å². The fraction of sp³-hybridized carbons (Fsp3) is 0.231. The molecule has 0 fully saturated rings. The van der Waals surface area contributed by atoms with E-state index in [9.17, 15) is 4.79 Å². The van der Waals surface area contributed by atoms with Crippen molar-refractivity contribution in [3.63, 3.8) is 0 Å². The molecule has 0 aliphatic rings. The maximum atomic E-state index is 12.3. The molecule has 2 rings (SSSR count). The zero-order valence-corrected chi connectivity index (χ0v) is 11.9. The fourth-order valence-electron chi connectivity index (χ4n) is 1.90. The summed E-state index contributed by atoms with van der Waals surface area (Å²) < 4.78 is 2.24. The summed E-state index contributed by atoms with van der Waals surface area (Å²) in [7, 11) is 0. The van der Waals surface area contributed by atoms with Gasteiger partial charge in [-0.3, -0.25) is 4.79 Å². The van der Waals surface area contributed by atoms with Crippen molar-refractivity contribution in [2.45, 2.75) is 20.4 Å². The Morgan fingerprint density at radius 1 is 1.33 bits per heavy atom. The molecule has 0 saturated heterocycles. The molecular formula is C13H14BrN3O. The molecule has 1 heterocycles. The number of halogens is 1. The Morgan fingerprint density at radius 3 is 2.61 bits per heavy atom. The van der Waals surface area contributed by atoms with Gasteiger partial charge in [0.1, 0.15) is 0 Å². The predicted octanol–water partition coefficient (Wildman–Crippen LogP) is 2.07. The number of benzene rings is 1. The zero-order valence-electron chi connectivity index (χ0n) is 10.3. The lowest BCUT2D eigenvalue weighted by atomic mass is 10.1. The van der Waals surface area contributed by atoms with Crippen molar-refractivity contribution in [2.75, 3.05) is 0 Å². The van der Waals surface area contributed by atoms with Gasteiger partial charge in [0.15, 0.2) is 0 Å². The van der Waals surface area contributed by atoms with E-state index < -0.39 is 0 Å².